The predicted octanol–water partition coefficient (Wildman–Crippen LogP) is 5.39. The Bertz CT molecular complexity index is 1010. The molecule has 0 aliphatic heterocycles. The standard InChI is InChI=1S/C22H23N3OS/c1-15(2)10-17-11-18-19(13-21-23-8-9-27-21)24-25-22(18)20(12-17)26-14-16-6-4-3-5-7-16/h3-9,11-12,15H,10,13-14H2,1-2H3,(H,24,25). The normalized spacial score (nSPS) is 11.4. The van der Waals surface area contributed by atoms with Crippen molar-refractivity contribution in [2.24, 2.45) is 5.92 Å². The van der Waals surface area contributed by atoms with Crippen LogP contribution in [0.3, 0.4) is 0 Å². The Morgan fingerprint density at radius 2 is 1.96 bits per heavy atom. The van der Waals surface area contributed by atoms with Gasteiger partial charge in [-0.3, -0.25) is 5.10 Å². The first-order valence-corrected chi connectivity index (χ1v) is 10.1. The van der Waals surface area contributed by atoms with Crippen molar-refractivity contribution >= 4 is 22.2 Å². The molecule has 2 aromatic carbocycles. The molecule has 0 saturated heterocycles. The van der Waals surface area contributed by atoms with Crippen LogP contribution < -0.4 is 4.74 Å². The maximum Gasteiger partial charge on any atom is 0.148 e. The number of fused-ring (bicyclic) bond motifs is 1. The number of rotatable bonds is 7. The predicted molar refractivity (Wildman–Crippen MR) is 110 cm³/mol. The van der Waals surface area contributed by atoms with Crippen LogP contribution >= 0.6 is 11.3 Å². The average Bonchev–Trinajstić information content (AvgIpc) is 3.31. The molecule has 4 nitrogen and oxygen atoms in total. The Kier molecular flexibility index (Phi) is 5.21. The summed E-state index contributed by atoms with van der Waals surface area (Å²) >= 11 is 1.67. The molecular weight excluding hydrogens is 354 g/mol. The van der Waals surface area contributed by atoms with Crippen LogP contribution in [0.4, 0.5) is 0 Å². The third-order valence-corrected chi connectivity index (χ3v) is 5.23. The monoisotopic (exact) mass is 377 g/mol. The van der Waals surface area contributed by atoms with Crippen LogP contribution in [-0.4, -0.2) is 15.2 Å². The van der Waals surface area contributed by atoms with Gasteiger partial charge in [-0.1, -0.05) is 44.2 Å². The summed E-state index contributed by atoms with van der Waals surface area (Å²) in [6.45, 7) is 5.01. The molecule has 4 rings (SSSR count). The number of hydrogen-bond donors (Lipinski definition) is 1. The topological polar surface area (TPSA) is 50.8 Å². The zero-order chi connectivity index (χ0) is 18.6. The van der Waals surface area contributed by atoms with E-state index in [2.05, 4.69) is 53.3 Å². The molecule has 0 amide bonds. The van der Waals surface area contributed by atoms with Gasteiger partial charge in [0.05, 0.1) is 5.01 Å². The summed E-state index contributed by atoms with van der Waals surface area (Å²) in [6.07, 6.45) is 3.62. The minimum Gasteiger partial charge on any atom is -0.487 e. The van der Waals surface area contributed by atoms with E-state index < -0.39 is 0 Å². The van der Waals surface area contributed by atoms with Crippen LogP contribution in [0.15, 0.2) is 54.0 Å². The summed E-state index contributed by atoms with van der Waals surface area (Å²) < 4.78 is 6.18. The fourth-order valence-electron chi connectivity index (χ4n) is 3.25. The smallest absolute Gasteiger partial charge is 0.148 e. The van der Waals surface area contributed by atoms with Crippen molar-refractivity contribution in [1.29, 1.82) is 0 Å². The zero-order valence-electron chi connectivity index (χ0n) is 15.6. The van der Waals surface area contributed by atoms with Gasteiger partial charge in [-0.25, -0.2) is 4.98 Å². The molecule has 2 heterocycles. The third kappa shape index (κ3) is 4.19. The van der Waals surface area contributed by atoms with Crippen LogP contribution in [-0.2, 0) is 19.4 Å². The molecule has 27 heavy (non-hydrogen) atoms. The molecule has 5 heteroatoms. The molecule has 0 aliphatic rings. The SMILES string of the molecule is CC(C)Cc1cc(OCc2ccccc2)c2n[nH]c(Cc3nccs3)c2c1. The first-order valence-electron chi connectivity index (χ1n) is 9.24. The molecule has 2 aromatic heterocycles. The van der Waals surface area contributed by atoms with E-state index in [-0.39, 0.29) is 0 Å². The molecule has 0 unspecified atom stereocenters. The van der Waals surface area contributed by atoms with Gasteiger partial charge >= 0.3 is 0 Å². The van der Waals surface area contributed by atoms with E-state index >= 15 is 0 Å². The molecule has 0 spiro atoms. The Hall–Kier alpha value is -2.66. The van der Waals surface area contributed by atoms with E-state index in [0.717, 1.165) is 45.8 Å². The Labute approximate surface area is 163 Å². The van der Waals surface area contributed by atoms with Crippen LogP contribution in [0.25, 0.3) is 10.9 Å². The van der Waals surface area contributed by atoms with Gasteiger partial charge in [-0.05, 0) is 35.6 Å². The second-order valence-corrected chi connectivity index (χ2v) is 8.15. The highest BCUT2D eigenvalue weighted by molar-refractivity contribution is 7.09. The maximum absolute atomic E-state index is 6.18. The van der Waals surface area contributed by atoms with Gasteiger partial charge < -0.3 is 4.74 Å². The van der Waals surface area contributed by atoms with Gasteiger partial charge in [-0.2, -0.15) is 5.10 Å². The maximum atomic E-state index is 6.18. The first kappa shape index (κ1) is 17.7. The number of ether oxygens (including phenoxy) is 1. The number of aromatic amines is 1. The van der Waals surface area contributed by atoms with Crippen molar-refractivity contribution in [2.75, 3.05) is 0 Å². The molecule has 0 fully saturated rings. The van der Waals surface area contributed by atoms with E-state index in [1.165, 1.54) is 5.56 Å². The van der Waals surface area contributed by atoms with Crippen molar-refractivity contribution < 1.29 is 4.74 Å². The zero-order valence-corrected chi connectivity index (χ0v) is 16.4. The van der Waals surface area contributed by atoms with E-state index in [1.54, 1.807) is 11.3 Å². The lowest BCUT2D eigenvalue weighted by atomic mass is 10.00. The van der Waals surface area contributed by atoms with Crippen LogP contribution in [0, 0.1) is 5.92 Å². The highest BCUT2D eigenvalue weighted by atomic mass is 32.1. The summed E-state index contributed by atoms with van der Waals surface area (Å²) in [5.74, 6) is 1.42. The Morgan fingerprint density at radius 1 is 1.11 bits per heavy atom. The van der Waals surface area contributed by atoms with Crippen LogP contribution in [0.1, 0.15) is 35.7 Å². The van der Waals surface area contributed by atoms with Crippen molar-refractivity contribution in [3.05, 3.63) is 75.9 Å². The molecule has 0 saturated carbocycles. The van der Waals surface area contributed by atoms with Crippen molar-refractivity contribution in [3.63, 3.8) is 0 Å². The lowest BCUT2D eigenvalue weighted by Gasteiger charge is -2.11. The highest BCUT2D eigenvalue weighted by Gasteiger charge is 2.15. The van der Waals surface area contributed by atoms with Crippen LogP contribution in [0.5, 0.6) is 5.75 Å². The minimum absolute atomic E-state index is 0.537. The molecule has 138 valence electrons. The summed E-state index contributed by atoms with van der Waals surface area (Å²) in [6, 6.07) is 14.6. The molecule has 0 aliphatic carbocycles. The molecule has 0 radical (unpaired) electrons. The third-order valence-electron chi connectivity index (χ3n) is 4.46. The number of aromatic nitrogens is 3. The fourth-order valence-corrected chi connectivity index (χ4v) is 3.88. The van der Waals surface area contributed by atoms with E-state index in [0.29, 0.717) is 12.5 Å². The summed E-state index contributed by atoms with van der Waals surface area (Å²) in [7, 11) is 0. The summed E-state index contributed by atoms with van der Waals surface area (Å²) in [5, 5.41) is 12.0. The average molecular weight is 378 g/mol. The van der Waals surface area contributed by atoms with E-state index in [9.17, 15) is 0 Å². The minimum atomic E-state index is 0.537. The Morgan fingerprint density at radius 3 is 2.70 bits per heavy atom. The van der Waals surface area contributed by atoms with Gasteiger partial charge in [0.15, 0.2) is 0 Å². The van der Waals surface area contributed by atoms with Crippen LogP contribution in [0.2, 0.25) is 0 Å². The van der Waals surface area contributed by atoms with Crippen molar-refractivity contribution in [3.8, 4) is 5.75 Å². The quantitative estimate of drug-likeness (QED) is 0.470. The molecule has 0 bridgehead atoms. The summed E-state index contributed by atoms with van der Waals surface area (Å²) in [4.78, 5) is 4.41. The molecule has 0 atom stereocenters. The number of hydrogen-bond acceptors (Lipinski definition) is 4. The van der Waals surface area contributed by atoms with Gasteiger partial charge in [-0.15, -0.1) is 11.3 Å². The second kappa shape index (κ2) is 7.92. The number of benzene rings is 2. The number of thiazole rings is 1. The highest BCUT2D eigenvalue weighted by Crippen LogP contribution is 2.31. The lowest BCUT2D eigenvalue weighted by molar-refractivity contribution is 0.309. The lowest BCUT2D eigenvalue weighted by Crippen LogP contribution is -1.99. The largest absolute Gasteiger partial charge is 0.487 e. The Balaban J connectivity index is 1.68. The molecular formula is C22H23N3OS. The number of nitrogens with zero attached hydrogens (tertiary/aromatic N) is 2. The molecule has 1 N–H and O–H groups in total. The van der Waals surface area contributed by atoms with E-state index in [4.69, 9.17) is 4.74 Å². The van der Waals surface area contributed by atoms with Crippen molar-refractivity contribution in [2.45, 2.75) is 33.3 Å². The second-order valence-electron chi connectivity index (χ2n) is 7.17. The van der Waals surface area contributed by atoms with Gasteiger partial charge in [0, 0.05) is 29.1 Å². The first-order chi connectivity index (χ1) is 13.2. The van der Waals surface area contributed by atoms with E-state index in [1.807, 2.05) is 29.8 Å². The molecule has 4 aromatic rings. The number of H-pyrrole nitrogens is 1. The summed E-state index contributed by atoms with van der Waals surface area (Å²) in [5.41, 5.74) is 4.42. The van der Waals surface area contributed by atoms with Gasteiger partial charge in [0.25, 0.3) is 0 Å². The number of nitrogens with one attached hydrogen (secondary N) is 1. The van der Waals surface area contributed by atoms with Gasteiger partial charge in [0.2, 0.25) is 0 Å². The van der Waals surface area contributed by atoms with Crippen molar-refractivity contribution in [1.82, 2.24) is 15.2 Å². The fraction of sp³-hybridized carbons (Fsp3) is 0.273. The van der Waals surface area contributed by atoms with Gasteiger partial charge in [0.1, 0.15) is 17.9 Å².